The molecular formula is C22H28N2O3. The number of ether oxygens (including phenoxy) is 2. The first kappa shape index (κ1) is 19.2. The summed E-state index contributed by atoms with van der Waals surface area (Å²) >= 11 is 0. The fourth-order valence-corrected chi connectivity index (χ4v) is 3.78. The van der Waals surface area contributed by atoms with Crippen LogP contribution in [0.15, 0.2) is 36.4 Å². The standard InChI is InChI=1S/C22H28N2O3/c1-4-24(19-9-11-27-12-10-19)21-14-17(16-5-7-18(23)8-6-16)13-20(15(21)2)22(25)26-3/h5-8,13-14,19H,4,9-12,23H2,1-3H3. The molecule has 27 heavy (non-hydrogen) atoms. The predicted octanol–water partition coefficient (Wildman–Crippen LogP) is 4.04. The number of nitrogens with zero attached hydrogens (tertiary/aromatic N) is 1. The minimum absolute atomic E-state index is 0.311. The summed E-state index contributed by atoms with van der Waals surface area (Å²) in [6.45, 7) is 6.58. The number of hydrogen-bond acceptors (Lipinski definition) is 5. The van der Waals surface area contributed by atoms with Crippen molar-refractivity contribution < 1.29 is 14.3 Å². The number of nitrogen functional groups attached to an aromatic ring is 1. The van der Waals surface area contributed by atoms with E-state index >= 15 is 0 Å². The van der Waals surface area contributed by atoms with E-state index in [0.717, 1.165) is 60.7 Å². The molecule has 0 saturated carbocycles. The van der Waals surface area contributed by atoms with Gasteiger partial charge in [-0.05, 0) is 67.6 Å². The van der Waals surface area contributed by atoms with Gasteiger partial charge in [0.15, 0.2) is 0 Å². The van der Waals surface area contributed by atoms with Gasteiger partial charge >= 0.3 is 5.97 Å². The Kier molecular flexibility index (Phi) is 6.01. The second-order valence-electron chi connectivity index (χ2n) is 6.91. The Hall–Kier alpha value is -2.53. The normalized spacial score (nSPS) is 14.8. The number of carbonyl (C=O) groups excluding carboxylic acids is 1. The molecule has 0 unspecified atom stereocenters. The zero-order valence-corrected chi connectivity index (χ0v) is 16.3. The van der Waals surface area contributed by atoms with Crippen molar-refractivity contribution in [2.75, 3.05) is 37.5 Å². The lowest BCUT2D eigenvalue weighted by Gasteiger charge is -2.37. The molecule has 1 fully saturated rings. The average molecular weight is 368 g/mol. The van der Waals surface area contributed by atoms with Gasteiger partial charge in [-0.2, -0.15) is 0 Å². The zero-order chi connectivity index (χ0) is 19.4. The first-order valence-electron chi connectivity index (χ1n) is 9.48. The molecule has 1 saturated heterocycles. The number of hydrogen-bond donors (Lipinski definition) is 1. The summed E-state index contributed by atoms with van der Waals surface area (Å²) in [5.41, 5.74) is 11.2. The maximum absolute atomic E-state index is 12.4. The number of anilines is 2. The van der Waals surface area contributed by atoms with Crippen molar-refractivity contribution in [1.82, 2.24) is 0 Å². The number of nitrogens with two attached hydrogens (primary N) is 1. The van der Waals surface area contributed by atoms with Gasteiger partial charge in [0.25, 0.3) is 0 Å². The van der Waals surface area contributed by atoms with Crippen LogP contribution in [-0.2, 0) is 9.47 Å². The quantitative estimate of drug-likeness (QED) is 0.637. The fraction of sp³-hybridized carbons (Fsp3) is 0.409. The summed E-state index contributed by atoms with van der Waals surface area (Å²) in [4.78, 5) is 14.8. The van der Waals surface area contributed by atoms with E-state index in [4.69, 9.17) is 15.2 Å². The van der Waals surface area contributed by atoms with Gasteiger partial charge in [0.2, 0.25) is 0 Å². The third-order valence-corrected chi connectivity index (χ3v) is 5.31. The van der Waals surface area contributed by atoms with E-state index < -0.39 is 0 Å². The van der Waals surface area contributed by atoms with Gasteiger partial charge in [-0.1, -0.05) is 12.1 Å². The Morgan fingerprint density at radius 3 is 2.44 bits per heavy atom. The zero-order valence-electron chi connectivity index (χ0n) is 16.3. The lowest BCUT2D eigenvalue weighted by molar-refractivity contribution is 0.0599. The Morgan fingerprint density at radius 1 is 1.19 bits per heavy atom. The third-order valence-electron chi connectivity index (χ3n) is 5.31. The Balaban J connectivity index is 2.11. The maximum atomic E-state index is 12.4. The number of benzene rings is 2. The van der Waals surface area contributed by atoms with E-state index in [0.29, 0.717) is 11.6 Å². The monoisotopic (exact) mass is 368 g/mol. The molecule has 0 spiro atoms. The highest BCUT2D eigenvalue weighted by atomic mass is 16.5. The molecule has 1 aliphatic rings. The molecule has 5 heteroatoms. The van der Waals surface area contributed by atoms with Crippen molar-refractivity contribution >= 4 is 17.3 Å². The van der Waals surface area contributed by atoms with E-state index in [1.807, 2.05) is 37.3 Å². The van der Waals surface area contributed by atoms with Gasteiger partial charge in [0, 0.05) is 37.2 Å². The van der Waals surface area contributed by atoms with Crippen molar-refractivity contribution in [3.8, 4) is 11.1 Å². The summed E-state index contributed by atoms with van der Waals surface area (Å²) in [6.07, 6.45) is 1.99. The van der Waals surface area contributed by atoms with Crippen LogP contribution in [0.25, 0.3) is 11.1 Å². The van der Waals surface area contributed by atoms with Crippen LogP contribution in [0.4, 0.5) is 11.4 Å². The lowest BCUT2D eigenvalue weighted by atomic mass is 9.95. The Bertz CT molecular complexity index is 796. The summed E-state index contributed by atoms with van der Waals surface area (Å²) in [6, 6.07) is 12.2. The van der Waals surface area contributed by atoms with Gasteiger partial charge < -0.3 is 20.1 Å². The van der Waals surface area contributed by atoms with Crippen LogP contribution in [0.1, 0.15) is 35.7 Å². The first-order chi connectivity index (χ1) is 13.0. The SMILES string of the molecule is CCN(c1cc(-c2ccc(N)cc2)cc(C(=O)OC)c1C)C1CCOCC1. The molecule has 2 N–H and O–H groups in total. The number of rotatable bonds is 5. The minimum Gasteiger partial charge on any atom is -0.465 e. The van der Waals surface area contributed by atoms with Crippen LogP contribution in [0.3, 0.4) is 0 Å². The van der Waals surface area contributed by atoms with Crippen LogP contribution in [0.2, 0.25) is 0 Å². The summed E-state index contributed by atoms with van der Waals surface area (Å²) in [7, 11) is 1.42. The molecule has 2 aromatic rings. The number of carbonyl (C=O) groups is 1. The van der Waals surface area contributed by atoms with E-state index in [9.17, 15) is 4.79 Å². The van der Waals surface area contributed by atoms with Crippen molar-refractivity contribution in [2.45, 2.75) is 32.7 Å². The summed E-state index contributed by atoms with van der Waals surface area (Å²) in [5, 5.41) is 0. The van der Waals surface area contributed by atoms with E-state index in [1.54, 1.807) is 0 Å². The van der Waals surface area contributed by atoms with Crippen molar-refractivity contribution in [3.63, 3.8) is 0 Å². The second-order valence-corrected chi connectivity index (χ2v) is 6.91. The highest BCUT2D eigenvalue weighted by Crippen LogP contribution is 2.34. The molecule has 1 heterocycles. The molecule has 0 amide bonds. The molecular weight excluding hydrogens is 340 g/mol. The Labute approximate surface area is 161 Å². The molecule has 0 radical (unpaired) electrons. The van der Waals surface area contributed by atoms with Crippen molar-refractivity contribution in [2.24, 2.45) is 0 Å². The molecule has 3 rings (SSSR count). The minimum atomic E-state index is -0.311. The molecule has 5 nitrogen and oxygen atoms in total. The van der Waals surface area contributed by atoms with Crippen LogP contribution in [0, 0.1) is 6.92 Å². The van der Waals surface area contributed by atoms with Gasteiger partial charge in [0.1, 0.15) is 0 Å². The number of esters is 1. The molecule has 2 aromatic carbocycles. The van der Waals surface area contributed by atoms with Crippen LogP contribution in [-0.4, -0.2) is 38.9 Å². The second kappa shape index (κ2) is 8.44. The molecule has 0 bridgehead atoms. The van der Waals surface area contributed by atoms with E-state index in [-0.39, 0.29) is 5.97 Å². The smallest absolute Gasteiger partial charge is 0.338 e. The highest BCUT2D eigenvalue weighted by Gasteiger charge is 2.25. The van der Waals surface area contributed by atoms with Crippen molar-refractivity contribution in [3.05, 3.63) is 47.5 Å². The first-order valence-corrected chi connectivity index (χ1v) is 9.48. The predicted molar refractivity (Wildman–Crippen MR) is 109 cm³/mol. The highest BCUT2D eigenvalue weighted by molar-refractivity contribution is 5.95. The van der Waals surface area contributed by atoms with Gasteiger partial charge in [0.05, 0.1) is 12.7 Å². The third kappa shape index (κ3) is 4.08. The summed E-state index contributed by atoms with van der Waals surface area (Å²) in [5.74, 6) is -0.311. The van der Waals surface area contributed by atoms with Gasteiger partial charge in [-0.25, -0.2) is 4.79 Å². The van der Waals surface area contributed by atoms with E-state index in [2.05, 4.69) is 17.9 Å². The van der Waals surface area contributed by atoms with Crippen molar-refractivity contribution in [1.29, 1.82) is 0 Å². The molecule has 0 atom stereocenters. The van der Waals surface area contributed by atoms with Crippen LogP contribution >= 0.6 is 0 Å². The summed E-state index contributed by atoms with van der Waals surface area (Å²) < 4.78 is 10.6. The topological polar surface area (TPSA) is 64.8 Å². The van der Waals surface area contributed by atoms with Gasteiger partial charge in [-0.3, -0.25) is 0 Å². The van der Waals surface area contributed by atoms with Crippen LogP contribution in [0.5, 0.6) is 0 Å². The molecule has 0 aliphatic carbocycles. The molecule has 0 aromatic heterocycles. The largest absolute Gasteiger partial charge is 0.465 e. The van der Waals surface area contributed by atoms with Gasteiger partial charge in [-0.15, -0.1) is 0 Å². The van der Waals surface area contributed by atoms with Crippen LogP contribution < -0.4 is 10.6 Å². The lowest BCUT2D eigenvalue weighted by Crippen LogP contribution is -2.40. The fourth-order valence-electron chi connectivity index (χ4n) is 3.78. The molecule has 1 aliphatic heterocycles. The average Bonchev–Trinajstić information content (AvgIpc) is 2.70. The Morgan fingerprint density at radius 2 is 1.85 bits per heavy atom. The number of methoxy groups -OCH3 is 1. The molecule has 144 valence electrons. The van der Waals surface area contributed by atoms with E-state index in [1.165, 1.54) is 7.11 Å². The maximum Gasteiger partial charge on any atom is 0.338 e.